The van der Waals surface area contributed by atoms with Crippen molar-refractivity contribution in [2.75, 3.05) is 23.4 Å². The largest absolute Gasteiger partial charge is 0.494 e. The second kappa shape index (κ2) is 6.20. The molecule has 94 valence electrons. The van der Waals surface area contributed by atoms with Gasteiger partial charge in [-0.2, -0.15) is 11.8 Å². The third-order valence-corrected chi connectivity index (χ3v) is 4.39. The minimum atomic E-state index is 0.613. The van der Waals surface area contributed by atoms with Crippen molar-refractivity contribution < 1.29 is 4.74 Å². The van der Waals surface area contributed by atoms with Gasteiger partial charge in [-0.25, -0.2) is 0 Å². The fourth-order valence-corrected chi connectivity index (χ4v) is 3.36. The van der Waals surface area contributed by atoms with Crippen molar-refractivity contribution in [3.05, 3.63) is 24.3 Å². The van der Waals surface area contributed by atoms with Gasteiger partial charge < -0.3 is 10.1 Å². The maximum absolute atomic E-state index is 5.44. The number of hydrogen-bond acceptors (Lipinski definition) is 3. The highest BCUT2D eigenvalue weighted by molar-refractivity contribution is 7.99. The lowest BCUT2D eigenvalue weighted by atomic mass is 10.0. The Balaban J connectivity index is 1.89. The van der Waals surface area contributed by atoms with Crippen molar-refractivity contribution in [3.8, 4) is 5.75 Å². The summed E-state index contributed by atoms with van der Waals surface area (Å²) in [7, 11) is 0. The molecule has 1 N–H and O–H groups in total. The van der Waals surface area contributed by atoms with E-state index in [-0.39, 0.29) is 0 Å². The van der Waals surface area contributed by atoms with Crippen LogP contribution in [0.4, 0.5) is 5.69 Å². The van der Waals surface area contributed by atoms with Gasteiger partial charge in [-0.15, -0.1) is 0 Å². The van der Waals surface area contributed by atoms with Gasteiger partial charge in [0.2, 0.25) is 0 Å². The molecule has 1 aromatic carbocycles. The molecule has 1 fully saturated rings. The molecule has 2 nitrogen and oxygen atoms in total. The van der Waals surface area contributed by atoms with Gasteiger partial charge in [0.15, 0.2) is 0 Å². The van der Waals surface area contributed by atoms with E-state index < -0.39 is 0 Å². The van der Waals surface area contributed by atoms with Crippen LogP contribution in [0.5, 0.6) is 5.75 Å². The van der Waals surface area contributed by atoms with E-state index in [1.165, 1.54) is 23.6 Å². The molecule has 0 spiro atoms. The summed E-state index contributed by atoms with van der Waals surface area (Å²) in [6, 6.07) is 8.89. The van der Waals surface area contributed by atoms with E-state index in [9.17, 15) is 0 Å². The van der Waals surface area contributed by atoms with Gasteiger partial charge in [-0.3, -0.25) is 0 Å². The van der Waals surface area contributed by atoms with Crippen LogP contribution in [0.3, 0.4) is 0 Å². The number of anilines is 1. The molecule has 2 rings (SSSR count). The fraction of sp³-hybridized carbons (Fsp3) is 0.571. The lowest BCUT2D eigenvalue weighted by Gasteiger charge is -2.28. The first-order valence-electron chi connectivity index (χ1n) is 6.35. The molecule has 0 aliphatic carbocycles. The van der Waals surface area contributed by atoms with E-state index in [4.69, 9.17) is 4.74 Å². The van der Waals surface area contributed by atoms with Gasteiger partial charge in [0.05, 0.1) is 6.61 Å². The highest BCUT2D eigenvalue weighted by Gasteiger charge is 2.18. The summed E-state index contributed by atoms with van der Waals surface area (Å²) < 4.78 is 5.44. The first-order valence-corrected chi connectivity index (χ1v) is 7.50. The van der Waals surface area contributed by atoms with E-state index in [0.717, 1.165) is 18.3 Å². The van der Waals surface area contributed by atoms with Crippen molar-refractivity contribution in [3.63, 3.8) is 0 Å². The number of nitrogens with one attached hydrogen (secondary N) is 1. The van der Waals surface area contributed by atoms with E-state index in [2.05, 4.69) is 36.1 Å². The van der Waals surface area contributed by atoms with E-state index >= 15 is 0 Å². The molecular formula is C14H21NOS. The van der Waals surface area contributed by atoms with Crippen LogP contribution in [0.15, 0.2) is 24.3 Å². The Morgan fingerprint density at radius 2 is 2.06 bits per heavy atom. The molecule has 0 radical (unpaired) electrons. The van der Waals surface area contributed by atoms with Gasteiger partial charge >= 0.3 is 0 Å². The zero-order chi connectivity index (χ0) is 12.1. The second-order valence-corrected chi connectivity index (χ2v) is 5.75. The second-order valence-electron chi connectivity index (χ2n) is 4.68. The minimum absolute atomic E-state index is 0.613. The number of benzene rings is 1. The first-order chi connectivity index (χ1) is 8.28. The molecule has 1 aliphatic heterocycles. The molecule has 1 aliphatic rings. The molecule has 0 bridgehead atoms. The zero-order valence-corrected chi connectivity index (χ0v) is 11.4. The van der Waals surface area contributed by atoms with Gasteiger partial charge in [0, 0.05) is 17.5 Å². The van der Waals surface area contributed by atoms with Crippen LogP contribution in [0, 0.1) is 5.92 Å². The lowest BCUT2D eigenvalue weighted by molar-refractivity contribution is 0.340. The molecule has 3 heteroatoms. The monoisotopic (exact) mass is 251 g/mol. The maximum atomic E-state index is 5.44. The van der Waals surface area contributed by atoms with Crippen LogP contribution in [-0.2, 0) is 0 Å². The Labute approximate surface area is 108 Å². The topological polar surface area (TPSA) is 21.3 Å². The molecule has 1 heterocycles. The van der Waals surface area contributed by atoms with E-state index in [1.54, 1.807) is 0 Å². The Hall–Kier alpha value is -0.830. The minimum Gasteiger partial charge on any atom is -0.494 e. The summed E-state index contributed by atoms with van der Waals surface area (Å²) in [4.78, 5) is 0. The molecule has 17 heavy (non-hydrogen) atoms. The summed E-state index contributed by atoms with van der Waals surface area (Å²) in [5.74, 6) is 4.30. The Kier molecular flexibility index (Phi) is 4.60. The third-order valence-electron chi connectivity index (χ3n) is 2.94. The normalized spacial score (nSPS) is 24.4. The molecule has 0 amide bonds. The predicted molar refractivity (Wildman–Crippen MR) is 76.1 cm³/mol. The number of thioether (sulfide) groups is 1. The van der Waals surface area contributed by atoms with Crippen LogP contribution in [0.25, 0.3) is 0 Å². The third kappa shape index (κ3) is 3.84. The zero-order valence-electron chi connectivity index (χ0n) is 10.6. The Bertz CT molecular complexity index is 339. The summed E-state index contributed by atoms with van der Waals surface area (Å²) in [6.07, 6.45) is 1.28. The summed E-state index contributed by atoms with van der Waals surface area (Å²) in [5, 5.41) is 3.60. The van der Waals surface area contributed by atoms with Crippen molar-refractivity contribution in [1.29, 1.82) is 0 Å². The van der Waals surface area contributed by atoms with Crippen molar-refractivity contribution in [1.82, 2.24) is 0 Å². The van der Waals surface area contributed by atoms with Crippen molar-refractivity contribution >= 4 is 17.4 Å². The summed E-state index contributed by atoms with van der Waals surface area (Å²) in [6.45, 7) is 5.06. The van der Waals surface area contributed by atoms with Crippen LogP contribution in [0.2, 0.25) is 0 Å². The summed E-state index contributed by atoms with van der Waals surface area (Å²) in [5.41, 5.74) is 1.20. The van der Waals surface area contributed by atoms with Gasteiger partial charge in [0.25, 0.3) is 0 Å². The van der Waals surface area contributed by atoms with Crippen LogP contribution >= 0.6 is 11.8 Å². The predicted octanol–water partition coefficient (Wildman–Crippen LogP) is 3.64. The number of hydrogen-bond donors (Lipinski definition) is 1. The molecule has 0 aromatic heterocycles. The average Bonchev–Trinajstić information content (AvgIpc) is 2.32. The SMILES string of the molecule is CCOc1ccc(N[C@@H]2CSC[C@H](C)C2)cc1. The standard InChI is InChI=1S/C14H21NOS/c1-3-16-14-6-4-12(5-7-14)15-13-8-11(2)9-17-10-13/h4-7,11,13,15H,3,8-10H2,1-2H3/t11-,13+/m1/s1. The van der Waals surface area contributed by atoms with Crippen LogP contribution in [-0.4, -0.2) is 24.2 Å². The fourth-order valence-electron chi connectivity index (χ4n) is 2.18. The highest BCUT2D eigenvalue weighted by Crippen LogP contribution is 2.25. The molecule has 0 unspecified atom stereocenters. The molecular weight excluding hydrogens is 230 g/mol. The molecule has 0 saturated carbocycles. The van der Waals surface area contributed by atoms with E-state index in [1.807, 2.05) is 19.1 Å². The Morgan fingerprint density at radius 1 is 1.29 bits per heavy atom. The smallest absolute Gasteiger partial charge is 0.119 e. The maximum Gasteiger partial charge on any atom is 0.119 e. The van der Waals surface area contributed by atoms with Crippen LogP contribution < -0.4 is 10.1 Å². The van der Waals surface area contributed by atoms with Crippen molar-refractivity contribution in [2.45, 2.75) is 26.3 Å². The van der Waals surface area contributed by atoms with Gasteiger partial charge in [-0.1, -0.05) is 6.92 Å². The number of rotatable bonds is 4. The first kappa shape index (κ1) is 12.6. The van der Waals surface area contributed by atoms with Gasteiger partial charge in [-0.05, 0) is 49.3 Å². The van der Waals surface area contributed by atoms with E-state index in [0.29, 0.717) is 6.04 Å². The highest BCUT2D eigenvalue weighted by atomic mass is 32.2. The van der Waals surface area contributed by atoms with Gasteiger partial charge in [0.1, 0.15) is 5.75 Å². The average molecular weight is 251 g/mol. The number of ether oxygens (including phenoxy) is 1. The molecule has 1 saturated heterocycles. The Morgan fingerprint density at radius 3 is 2.71 bits per heavy atom. The quantitative estimate of drug-likeness (QED) is 0.883. The van der Waals surface area contributed by atoms with Crippen LogP contribution in [0.1, 0.15) is 20.3 Å². The summed E-state index contributed by atoms with van der Waals surface area (Å²) >= 11 is 2.05. The van der Waals surface area contributed by atoms with Crippen molar-refractivity contribution in [2.24, 2.45) is 5.92 Å². The molecule has 2 atom stereocenters. The molecule has 1 aromatic rings. The lowest BCUT2D eigenvalue weighted by Crippen LogP contribution is -2.29.